The molecule has 0 bridgehead atoms. The summed E-state index contributed by atoms with van der Waals surface area (Å²) in [7, 11) is 0. The fourth-order valence-corrected chi connectivity index (χ4v) is 3.77. The number of piperidine rings is 1. The van der Waals surface area contributed by atoms with Crippen molar-refractivity contribution >= 4 is 17.8 Å². The summed E-state index contributed by atoms with van der Waals surface area (Å²) in [6.07, 6.45) is 8.19. The summed E-state index contributed by atoms with van der Waals surface area (Å²) >= 11 is 0. The number of aliphatic carboxylic acids is 1. The normalized spacial score (nSPS) is 23.3. The molecular weight excluding hydrogens is 332 g/mol. The van der Waals surface area contributed by atoms with E-state index in [0.29, 0.717) is 19.4 Å². The fraction of sp³-hybridized carbons (Fsp3) is 0.632. The zero-order valence-electron chi connectivity index (χ0n) is 15.1. The number of nitrogens with zero attached hydrogens (tertiary/aromatic N) is 2. The van der Waals surface area contributed by atoms with Crippen molar-refractivity contribution in [1.29, 1.82) is 0 Å². The van der Waals surface area contributed by atoms with Crippen LogP contribution in [0.1, 0.15) is 50.5 Å². The Morgan fingerprint density at radius 3 is 2.58 bits per heavy atom. The zero-order valence-corrected chi connectivity index (χ0v) is 15.1. The van der Waals surface area contributed by atoms with Crippen LogP contribution in [0.5, 0.6) is 0 Å². The molecule has 1 saturated carbocycles. The fourth-order valence-electron chi connectivity index (χ4n) is 3.77. The molecule has 1 aromatic rings. The minimum Gasteiger partial charge on any atom is -0.481 e. The molecule has 1 aromatic heterocycles. The number of carbonyl (C=O) groups is 2. The van der Waals surface area contributed by atoms with E-state index in [9.17, 15) is 9.59 Å². The second-order valence-electron chi connectivity index (χ2n) is 7.28. The van der Waals surface area contributed by atoms with Gasteiger partial charge in [0.2, 0.25) is 0 Å². The average Bonchev–Trinajstić information content (AvgIpc) is 2.68. The van der Waals surface area contributed by atoms with Gasteiger partial charge in [-0.1, -0.05) is 0 Å². The van der Waals surface area contributed by atoms with Gasteiger partial charge in [-0.3, -0.25) is 4.79 Å². The van der Waals surface area contributed by atoms with Crippen LogP contribution in [-0.2, 0) is 11.3 Å². The van der Waals surface area contributed by atoms with Gasteiger partial charge in [0.25, 0.3) is 0 Å². The van der Waals surface area contributed by atoms with Crippen LogP contribution in [0.4, 0.5) is 10.6 Å². The first-order chi connectivity index (χ1) is 12.6. The second kappa shape index (κ2) is 8.87. The van der Waals surface area contributed by atoms with Gasteiger partial charge in [0.1, 0.15) is 5.82 Å². The number of hydrogen-bond donors (Lipinski definition) is 3. The SMILES string of the molecule is O=C(NCc1ccnc(N2CCCCC2)c1)NC1CCC(C(=O)O)CC1. The standard InChI is InChI=1S/C19H28N4O3/c24-18(25)15-4-6-16(7-5-15)22-19(26)21-13-14-8-9-20-17(12-14)23-10-2-1-3-11-23/h8-9,12,15-16H,1-7,10-11,13H2,(H,24,25)(H2,21,22,26). The van der Waals surface area contributed by atoms with Crippen molar-refractivity contribution in [1.82, 2.24) is 15.6 Å². The van der Waals surface area contributed by atoms with Gasteiger partial charge >= 0.3 is 12.0 Å². The lowest BCUT2D eigenvalue weighted by Gasteiger charge is -2.28. The van der Waals surface area contributed by atoms with Crippen LogP contribution in [0.25, 0.3) is 0 Å². The molecule has 0 spiro atoms. The number of aromatic nitrogens is 1. The monoisotopic (exact) mass is 360 g/mol. The summed E-state index contributed by atoms with van der Waals surface area (Å²) < 4.78 is 0. The largest absolute Gasteiger partial charge is 0.481 e. The van der Waals surface area contributed by atoms with Gasteiger partial charge in [-0.2, -0.15) is 0 Å². The minimum absolute atomic E-state index is 0.0620. The highest BCUT2D eigenvalue weighted by Crippen LogP contribution is 2.24. The van der Waals surface area contributed by atoms with Gasteiger partial charge in [-0.15, -0.1) is 0 Å². The smallest absolute Gasteiger partial charge is 0.315 e. The molecule has 0 unspecified atom stereocenters. The number of rotatable bonds is 5. The van der Waals surface area contributed by atoms with E-state index in [1.165, 1.54) is 19.3 Å². The van der Waals surface area contributed by atoms with Crippen molar-refractivity contribution in [3.63, 3.8) is 0 Å². The summed E-state index contributed by atoms with van der Waals surface area (Å²) in [6.45, 7) is 2.55. The van der Waals surface area contributed by atoms with Crippen LogP contribution >= 0.6 is 0 Å². The number of urea groups is 1. The quantitative estimate of drug-likeness (QED) is 0.750. The Labute approximate surface area is 154 Å². The van der Waals surface area contributed by atoms with E-state index in [0.717, 1.165) is 37.3 Å². The summed E-state index contributed by atoms with van der Waals surface area (Å²) in [4.78, 5) is 29.9. The number of carboxylic acid groups (broad SMARTS) is 1. The van der Waals surface area contributed by atoms with Gasteiger partial charge in [0.05, 0.1) is 5.92 Å². The van der Waals surface area contributed by atoms with Crippen LogP contribution in [0.2, 0.25) is 0 Å². The summed E-state index contributed by atoms with van der Waals surface area (Å²) in [5.74, 6) is -0.00682. The molecule has 0 atom stereocenters. The van der Waals surface area contributed by atoms with Crippen molar-refractivity contribution in [3.8, 4) is 0 Å². The van der Waals surface area contributed by atoms with Gasteiger partial charge in [0, 0.05) is 31.9 Å². The van der Waals surface area contributed by atoms with Crippen LogP contribution in [0.3, 0.4) is 0 Å². The predicted molar refractivity (Wildman–Crippen MR) is 99.1 cm³/mol. The molecule has 142 valence electrons. The molecule has 2 heterocycles. The number of carbonyl (C=O) groups excluding carboxylic acids is 1. The van der Waals surface area contributed by atoms with E-state index in [1.807, 2.05) is 12.1 Å². The van der Waals surface area contributed by atoms with Crippen molar-refractivity contribution < 1.29 is 14.7 Å². The highest BCUT2D eigenvalue weighted by Gasteiger charge is 2.26. The van der Waals surface area contributed by atoms with Crippen LogP contribution < -0.4 is 15.5 Å². The number of anilines is 1. The number of amides is 2. The van der Waals surface area contributed by atoms with Gasteiger partial charge in [-0.05, 0) is 62.6 Å². The third-order valence-corrected chi connectivity index (χ3v) is 5.35. The molecule has 26 heavy (non-hydrogen) atoms. The van der Waals surface area contributed by atoms with Crippen molar-refractivity contribution in [3.05, 3.63) is 23.9 Å². The molecular formula is C19H28N4O3. The number of carboxylic acids is 1. The molecule has 7 heteroatoms. The highest BCUT2D eigenvalue weighted by molar-refractivity contribution is 5.74. The molecule has 0 radical (unpaired) electrons. The second-order valence-corrected chi connectivity index (χ2v) is 7.28. The maximum atomic E-state index is 12.1. The van der Waals surface area contributed by atoms with Crippen LogP contribution in [0.15, 0.2) is 18.3 Å². The van der Waals surface area contributed by atoms with Crippen molar-refractivity contribution in [2.24, 2.45) is 5.92 Å². The third-order valence-electron chi connectivity index (χ3n) is 5.35. The van der Waals surface area contributed by atoms with E-state index >= 15 is 0 Å². The van der Waals surface area contributed by atoms with Crippen LogP contribution in [0, 0.1) is 5.92 Å². The number of nitrogens with one attached hydrogen (secondary N) is 2. The van der Waals surface area contributed by atoms with Gasteiger partial charge in [-0.25, -0.2) is 9.78 Å². The Hall–Kier alpha value is -2.31. The Bertz CT molecular complexity index is 623. The molecule has 1 aliphatic carbocycles. The maximum absolute atomic E-state index is 12.1. The first-order valence-corrected chi connectivity index (χ1v) is 9.59. The van der Waals surface area contributed by atoms with Gasteiger partial charge in [0.15, 0.2) is 0 Å². The zero-order chi connectivity index (χ0) is 18.4. The lowest BCUT2D eigenvalue weighted by atomic mass is 9.86. The predicted octanol–water partition coefficient (Wildman–Crippen LogP) is 2.51. The first-order valence-electron chi connectivity index (χ1n) is 9.59. The van der Waals surface area contributed by atoms with Crippen molar-refractivity contribution in [2.45, 2.75) is 57.5 Å². The maximum Gasteiger partial charge on any atom is 0.315 e. The third kappa shape index (κ3) is 5.09. The first kappa shape index (κ1) is 18.5. The molecule has 2 amide bonds. The molecule has 7 nitrogen and oxygen atoms in total. The summed E-state index contributed by atoms with van der Waals surface area (Å²) in [6, 6.07) is 3.84. The van der Waals surface area contributed by atoms with Gasteiger partial charge < -0.3 is 20.6 Å². The lowest BCUT2D eigenvalue weighted by Crippen LogP contribution is -2.43. The van der Waals surface area contributed by atoms with E-state index < -0.39 is 5.97 Å². The minimum atomic E-state index is -0.727. The highest BCUT2D eigenvalue weighted by atomic mass is 16.4. The molecule has 0 aromatic carbocycles. The molecule has 3 N–H and O–H groups in total. The molecule has 1 aliphatic heterocycles. The Kier molecular flexibility index (Phi) is 6.30. The molecule has 1 saturated heterocycles. The molecule has 3 rings (SSSR count). The summed E-state index contributed by atoms with van der Waals surface area (Å²) in [5.41, 5.74) is 1.03. The van der Waals surface area contributed by atoms with E-state index in [2.05, 4.69) is 20.5 Å². The Balaban J connectivity index is 1.44. The number of hydrogen-bond acceptors (Lipinski definition) is 4. The molecule has 2 fully saturated rings. The average molecular weight is 360 g/mol. The number of pyridine rings is 1. The molecule has 2 aliphatic rings. The Morgan fingerprint density at radius 1 is 1.15 bits per heavy atom. The Morgan fingerprint density at radius 2 is 1.88 bits per heavy atom. The van der Waals surface area contributed by atoms with E-state index in [4.69, 9.17) is 5.11 Å². The van der Waals surface area contributed by atoms with E-state index in [-0.39, 0.29) is 18.0 Å². The van der Waals surface area contributed by atoms with Crippen molar-refractivity contribution in [2.75, 3.05) is 18.0 Å². The lowest BCUT2D eigenvalue weighted by molar-refractivity contribution is -0.142. The summed E-state index contributed by atoms with van der Waals surface area (Å²) in [5, 5.41) is 14.9. The van der Waals surface area contributed by atoms with Crippen LogP contribution in [-0.4, -0.2) is 41.2 Å². The topological polar surface area (TPSA) is 94.6 Å². The van der Waals surface area contributed by atoms with E-state index in [1.54, 1.807) is 6.20 Å².